The number of nitrogens with one attached hydrogen (secondary N) is 2. The zero-order valence-corrected chi connectivity index (χ0v) is 13.4. The fourth-order valence-electron chi connectivity index (χ4n) is 5.41. The Bertz CT molecular complexity index is 450. The van der Waals surface area contributed by atoms with Gasteiger partial charge in [-0.15, -0.1) is 0 Å². The molecule has 5 aliphatic heterocycles. The highest BCUT2D eigenvalue weighted by molar-refractivity contribution is 5.77. The van der Waals surface area contributed by atoms with Gasteiger partial charge in [0.15, 0.2) is 11.4 Å². The Kier molecular flexibility index (Phi) is 3.00. The van der Waals surface area contributed by atoms with Crippen molar-refractivity contribution in [2.24, 2.45) is 0 Å². The first-order valence-corrected chi connectivity index (χ1v) is 9.27. The molecule has 5 heteroatoms. The van der Waals surface area contributed by atoms with Gasteiger partial charge in [0.2, 0.25) is 0 Å². The van der Waals surface area contributed by atoms with Crippen LogP contribution in [-0.4, -0.2) is 47.3 Å². The summed E-state index contributed by atoms with van der Waals surface area (Å²) in [5, 5.41) is 7.54. The molecule has 0 aromatic rings. The summed E-state index contributed by atoms with van der Waals surface area (Å²) >= 11 is 0. The molecule has 122 valence electrons. The predicted molar refractivity (Wildman–Crippen MR) is 82.7 cm³/mol. The van der Waals surface area contributed by atoms with Gasteiger partial charge in [-0.05, 0) is 38.5 Å². The molecular formula is C17H28N3O2+. The number of ether oxygens (including phenoxy) is 2. The first-order chi connectivity index (χ1) is 10.8. The van der Waals surface area contributed by atoms with Crippen molar-refractivity contribution in [2.75, 3.05) is 13.2 Å². The maximum Gasteiger partial charge on any atom is 0.350 e. The van der Waals surface area contributed by atoms with Crippen LogP contribution in [-0.2, 0) is 9.47 Å². The van der Waals surface area contributed by atoms with E-state index in [-0.39, 0.29) is 11.4 Å². The van der Waals surface area contributed by atoms with E-state index >= 15 is 0 Å². The Labute approximate surface area is 132 Å². The zero-order valence-electron chi connectivity index (χ0n) is 13.4. The molecule has 5 nitrogen and oxygen atoms in total. The van der Waals surface area contributed by atoms with Gasteiger partial charge < -0.3 is 9.47 Å². The summed E-state index contributed by atoms with van der Waals surface area (Å²) in [5.41, 5.74) is -0.242. The maximum absolute atomic E-state index is 6.24. The SMILES string of the molecule is C1CC[C@@]2(C[C@@H]3CC[C@H]4C[C@@]5(CCCCO5)NC(=[N+]34)N2)OC1. The summed E-state index contributed by atoms with van der Waals surface area (Å²) in [7, 11) is 0. The first kappa shape index (κ1) is 13.6. The van der Waals surface area contributed by atoms with Gasteiger partial charge in [-0.2, -0.15) is 0 Å². The van der Waals surface area contributed by atoms with Gasteiger partial charge >= 0.3 is 5.96 Å². The van der Waals surface area contributed by atoms with E-state index in [1.807, 2.05) is 0 Å². The van der Waals surface area contributed by atoms with Gasteiger partial charge in [-0.1, -0.05) is 0 Å². The molecule has 0 amide bonds. The van der Waals surface area contributed by atoms with E-state index in [2.05, 4.69) is 15.2 Å². The third-order valence-corrected chi connectivity index (χ3v) is 6.41. The van der Waals surface area contributed by atoms with Gasteiger partial charge in [0, 0.05) is 25.7 Å². The summed E-state index contributed by atoms with van der Waals surface area (Å²) in [6, 6.07) is 1.29. The fraction of sp³-hybridized carbons (Fsp3) is 0.941. The fourth-order valence-corrected chi connectivity index (χ4v) is 5.41. The summed E-state index contributed by atoms with van der Waals surface area (Å²) < 4.78 is 15.1. The molecule has 3 saturated heterocycles. The third kappa shape index (κ3) is 2.01. The largest absolute Gasteiger partial charge is 0.350 e. The van der Waals surface area contributed by atoms with E-state index in [1.165, 1.54) is 44.5 Å². The van der Waals surface area contributed by atoms with Crippen LogP contribution in [0.3, 0.4) is 0 Å². The van der Waals surface area contributed by atoms with Crippen molar-refractivity contribution in [3.05, 3.63) is 0 Å². The van der Waals surface area contributed by atoms with E-state index in [0.29, 0.717) is 12.1 Å². The van der Waals surface area contributed by atoms with Crippen LogP contribution in [0.25, 0.3) is 0 Å². The second kappa shape index (κ2) is 4.84. The monoisotopic (exact) mass is 306 g/mol. The molecule has 0 unspecified atom stereocenters. The number of hydrogen-bond acceptors (Lipinski definition) is 4. The Balaban J connectivity index is 1.47. The molecule has 5 heterocycles. The van der Waals surface area contributed by atoms with Crippen LogP contribution in [0.5, 0.6) is 0 Å². The Morgan fingerprint density at radius 2 is 1.36 bits per heavy atom. The van der Waals surface area contributed by atoms with E-state index in [4.69, 9.17) is 9.47 Å². The lowest BCUT2D eigenvalue weighted by atomic mass is 9.91. The average Bonchev–Trinajstić information content (AvgIpc) is 2.91. The summed E-state index contributed by atoms with van der Waals surface area (Å²) in [6.07, 6.45) is 12.1. The Hall–Kier alpha value is -0.810. The highest BCUT2D eigenvalue weighted by Crippen LogP contribution is 2.41. The number of hydrogen-bond donors (Lipinski definition) is 2. The lowest BCUT2D eigenvalue weighted by Crippen LogP contribution is -2.72. The molecule has 22 heavy (non-hydrogen) atoms. The lowest BCUT2D eigenvalue weighted by molar-refractivity contribution is -0.602. The molecule has 2 N–H and O–H groups in total. The second-order valence-electron chi connectivity index (χ2n) is 7.90. The molecule has 0 aromatic carbocycles. The van der Waals surface area contributed by atoms with Gasteiger partial charge in [-0.25, -0.2) is 10.6 Å². The minimum atomic E-state index is -0.121. The zero-order chi connectivity index (χ0) is 14.6. The summed E-state index contributed by atoms with van der Waals surface area (Å²) in [6.45, 7) is 1.80. The molecule has 0 aromatic heterocycles. The van der Waals surface area contributed by atoms with Crippen molar-refractivity contribution in [1.82, 2.24) is 10.6 Å². The van der Waals surface area contributed by atoms with Crippen LogP contribution in [0, 0.1) is 0 Å². The van der Waals surface area contributed by atoms with Gasteiger partial charge in [0.1, 0.15) is 0 Å². The van der Waals surface area contributed by atoms with Crippen molar-refractivity contribution >= 4 is 5.96 Å². The third-order valence-electron chi connectivity index (χ3n) is 6.41. The lowest BCUT2D eigenvalue weighted by Gasteiger charge is -2.47. The van der Waals surface area contributed by atoms with Crippen LogP contribution in [0.4, 0.5) is 0 Å². The normalized spacial score (nSPS) is 47.3. The highest BCUT2D eigenvalue weighted by atomic mass is 16.5. The molecule has 5 rings (SSSR count). The topological polar surface area (TPSA) is 45.5 Å². The molecule has 3 fully saturated rings. The number of guanidine groups is 1. The molecule has 0 radical (unpaired) electrons. The van der Waals surface area contributed by atoms with Crippen LogP contribution in [0.1, 0.15) is 64.2 Å². The van der Waals surface area contributed by atoms with Crippen molar-refractivity contribution in [1.29, 1.82) is 0 Å². The van der Waals surface area contributed by atoms with E-state index in [9.17, 15) is 0 Å². The predicted octanol–water partition coefficient (Wildman–Crippen LogP) is 1.67. The minimum Gasteiger partial charge on any atom is -0.343 e. The standard InChI is InChI=1S/C17H27N3O2/c1-3-9-21-16(7-1)11-13-5-6-14-12-17(8-2-4-10-22-17)19-15(18-16)20(13)14/h13-14H,1-12H2,(H,18,19)/p+1/t13-,14-,16-,17-/m0/s1. The maximum atomic E-state index is 6.24. The second-order valence-corrected chi connectivity index (χ2v) is 7.90. The van der Waals surface area contributed by atoms with E-state index in [1.54, 1.807) is 0 Å². The van der Waals surface area contributed by atoms with Gasteiger partial charge in [-0.3, -0.25) is 4.58 Å². The minimum absolute atomic E-state index is 0.121. The smallest absolute Gasteiger partial charge is 0.343 e. The molecule has 4 atom stereocenters. The van der Waals surface area contributed by atoms with Crippen LogP contribution < -0.4 is 10.6 Å². The van der Waals surface area contributed by atoms with E-state index < -0.39 is 0 Å². The molecule has 0 saturated carbocycles. The molecule has 0 bridgehead atoms. The number of nitrogens with zero attached hydrogens (tertiary/aromatic N) is 1. The quantitative estimate of drug-likeness (QED) is 0.668. The van der Waals surface area contributed by atoms with E-state index in [0.717, 1.165) is 38.9 Å². The molecule has 5 aliphatic rings. The van der Waals surface area contributed by atoms with Crippen molar-refractivity contribution in [3.63, 3.8) is 0 Å². The van der Waals surface area contributed by atoms with Gasteiger partial charge in [0.25, 0.3) is 0 Å². The average molecular weight is 306 g/mol. The van der Waals surface area contributed by atoms with Crippen LogP contribution in [0.15, 0.2) is 0 Å². The number of rotatable bonds is 0. The Morgan fingerprint density at radius 1 is 0.818 bits per heavy atom. The van der Waals surface area contributed by atoms with Crippen LogP contribution in [0.2, 0.25) is 0 Å². The Morgan fingerprint density at radius 3 is 1.82 bits per heavy atom. The summed E-state index contributed by atoms with van der Waals surface area (Å²) in [4.78, 5) is 0. The van der Waals surface area contributed by atoms with Crippen molar-refractivity contribution in [2.45, 2.75) is 87.7 Å². The van der Waals surface area contributed by atoms with Gasteiger partial charge in [0.05, 0.1) is 25.3 Å². The molecule has 2 spiro atoms. The first-order valence-electron chi connectivity index (χ1n) is 9.27. The highest BCUT2D eigenvalue weighted by Gasteiger charge is 2.56. The molecule has 0 aliphatic carbocycles. The van der Waals surface area contributed by atoms with Crippen molar-refractivity contribution in [3.8, 4) is 0 Å². The summed E-state index contributed by atoms with van der Waals surface area (Å²) in [5.74, 6) is 1.20. The van der Waals surface area contributed by atoms with Crippen LogP contribution >= 0.6 is 0 Å². The molecular weight excluding hydrogens is 278 g/mol. The van der Waals surface area contributed by atoms with Crippen molar-refractivity contribution < 1.29 is 14.0 Å².